The van der Waals surface area contributed by atoms with Gasteiger partial charge in [0.05, 0.1) is 20.3 Å². The molecule has 2 aliphatic heterocycles. The highest BCUT2D eigenvalue weighted by molar-refractivity contribution is 7.87. The molecule has 190 valence electrons. The lowest BCUT2D eigenvalue weighted by molar-refractivity contribution is -0.160. The second-order valence-electron chi connectivity index (χ2n) is 7.43. The van der Waals surface area contributed by atoms with Crippen LogP contribution in [0.25, 0.3) is 0 Å². The first-order chi connectivity index (χ1) is 15.8. The number of nitrogens with zero attached hydrogens (tertiary/aromatic N) is 2. The molecule has 4 atom stereocenters. The Bertz CT molecular complexity index is 1200. The first kappa shape index (κ1) is 25.7. The van der Waals surface area contributed by atoms with Gasteiger partial charge in [0.2, 0.25) is 11.8 Å². The molecule has 4 unspecified atom stereocenters. The van der Waals surface area contributed by atoms with Gasteiger partial charge in [0.15, 0.2) is 16.5 Å². The third kappa shape index (κ3) is 5.57. The van der Waals surface area contributed by atoms with Crippen LogP contribution in [0.3, 0.4) is 0 Å². The van der Waals surface area contributed by atoms with E-state index in [0.29, 0.717) is 0 Å². The van der Waals surface area contributed by atoms with Gasteiger partial charge in [-0.15, -0.1) is 0 Å². The Morgan fingerprint density at radius 3 is 1.71 bits per heavy atom. The lowest BCUT2D eigenvalue weighted by atomic mass is 9.98. The highest BCUT2D eigenvalue weighted by atomic mass is 32.2. The van der Waals surface area contributed by atoms with Crippen LogP contribution in [-0.4, -0.2) is 104 Å². The number of carbonyl (C=O) groups is 6. The molecule has 0 spiro atoms. The van der Waals surface area contributed by atoms with Crippen LogP contribution in [-0.2, 0) is 49.0 Å². The van der Waals surface area contributed by atoms with E-state index in [9.17, 15) is 59.8 Å². The van der Waals surface area contributed by atoms with Crippen molar-refractivity contribution in [3.63, 3.8) is 0 Å². The summed E-state index contributed by atoms with van der Waals surface area (Å²) in [6, 6.07) is -5.91. The molecule has 4 N–H and O–H groups in total. The zero-order valence-corrected chi connectivity index (χ0v) is 18.7. The molecule has 0 radical (unpaired) electrons. The fourth-order valence-corrected chi connectivity index (χ4v) is 5.10. The van der Waals surface area contributed by atoms with Crippen LogP contribution in [0.5, 0.6) is 0 Å². The number of carboxylic acids is 2. The monoisotopic (exact) mass is 529 g/mol. The van der Waals surface area contributed by atoms with Gasteiger partial charge in [0.25, 0.3) is 32.1 Å². The molecule has 2 heterocycles. The number of imide groups is 2. The van der Waals surface area contributed by atoms with E-state index in [1.54, 1.807) is 0 Å². The number of carboxylic acid groups (broad SMARTS) is 2. The van der Waals surface area contributed by atoms with Gasteiger partial charge in [-0.3, -0.25) is 42.9 Å². The summed E-state index contributed by atoms with van der Waals surface area (Å²) in [5.74, 6) is -10.0. The van der Waals surface area contributed by atoms with Crippen LogP contribution in [0.4, 0.5) is 0 Å². The summed E-state index contributed by atoms with van der Waals surface area (Å²) < 4.78 is 72.9. The minimum Gasteiger partial charge on any atom is -0.481 e. The molecule has 0 aromatic carbocycles. The summed E-state index contributed by atoms with van der Waals surface area (Å²) in [4.78, 5) is 72.9. The molecule has 2 saturated heterocycles. The topological polar surface area (TPSA) is 258 Å². The summed E-state index contributed by atoms with van der Waals surface area (Å²) in [5, 5.41) is 13.8. The maximum atomic E-state index is 12.7. The number of amides is 4. The Morgan fingerprint density at radius 2 is 1.32 bits per heavy atom. The summed E-state index contributed by atoms with van der Waals surface area (Å²) in [5.41, 5.74) is 0. The number of carbonyl (C=O) groups excluding carboxylic acids is 4. The SMILES string of the molecule is [2H]C(C(=O)O)(C(CCCCC(=O)O)N1C(=O)CC(S(=O)(=O)O)C1=O)N1C(=O)CC(S(=O)(=O)O)C1=O. The van der Waals surface area contributed by atoms with Gasteiger partial charge in [-0.1, -0.05) is 6.42 Å². The van der Waals surface area contributed by atoms with E-state index >= 15 is 0 Å². The summed E-state index contributed by atoms with van der Waals surface area (Å²) >= 11 is 0. The van der Waals surface area contributed by atoms with Gasteiger partial charge in [-0.25, -0.2) is 4.79 Å². The molecule has 34 heavy (non-hydrogen) atoms. The van der Waals surface area contributed by atoms with Gasteiger partial charge < -0.3 is 10.2 Å². The van der Waals surface area contributed by atoms with Gasteiger partial charge in [-0.05, 0) is 12.8 Å². The predicted molar refractivity (Wildman–Crippen MR) is 105 cm³/mol. The van der Waals surface area contributed by atoms with Gasteiger partial charge >= 0.3 is 11.9 Å². The third-order valence-electron chi connectivity index (χ3n) is 5.17. The van der Waals surface area contributed by atoms with Gasteiger partial charge in [-0.2, -0.15) is 16.8 Å². The number of unbranched alkanes of at least 4 members (excludes halogenated alkanes) is 1. The Balaban J connectivity index is 2.63. The van der Waals surface area contributed by atoms with Crippen molar-refractivity contribution in [1.29, 1.82) is 0 Å². The lowest BCUT2D eigenvalue weighted by Gasteiger charge is -2.35. The van der Waals surface area contributed by atoms with Crippen LogP contribution in [0.2, 0.25) is 0 Å². The number of hydrogen-bond donors (Lipinski definition) is 4. The summed E-state index contributed by atoms with van der Waals surface area (Å²) in [6.45, 7) is 0. The first-order valence-electron chi connectivity index (χ1n) is 9.95. The molecule has 0 bridgehead atoms. The molecule has 16 nitrogen and oxygen atoms in total. The number of likely N-dealkylation sites (tertiary alicyclic amines) is 2. The first-order valence-corrected chi connectivity index (χ1v) is 12.5. The second-order valence-corrected chi connectivity index (χ2v) is 10.6. The lowest BCUT2D eigenvalue weighted by Crippen LogP contribution is -2.59. The van der Waals surface area contributed by atoms with E-state index in [0.717, 1.165) is 0 Å². The van der Waals surface area contributed by atoms with Crippen molar-refractivity contribution in [2.45, 2.75) is 61.1 Å². The average Bonchev–Trinajstić information content (AvgIpc) is 3.16. The van der Waals surface area contributed by atoms with Crippen molar-refractivity contribution >= 4 is 55.8 Å². The maximum Gasteiger partial charge on any atom is 0.329 e. The van der Waals surface area contributed by atoms with E-state index in [4.69, 9.17) is 6.48 Å². The average molecular weight is 529 g/mol. The number of rotatable bonds is 11. The van der Waals surface area contributed by atoms with Crippen LogP contribution < -0.4 is 0 Å². The van der Waals surface area contributed by atoms with Crippen molar-refractivity contribution < 1.29 is 66.3 Å². The Hall–Kier alpha value is -2.96. The molecule has 0 aliphatic carbocycles. The molecule has 4 amide bonds. The molecule has 2 aliphatic rings. The third-order valence-corrected chi connectivity index (χ3v) is 7.35. The molecule has 0 saturated carbocycles. The van der Waals surface area contributed by atoms with Gasteiger partial charge in [0.1, 0.15) is 0 Å². The Kier molecular flexibility index (Phi) is 7.34. The van der Waals surface area contributed by atoms with E-state index in [1.165, 1.54) is 0 Å². The Morgan fingerprint density at radius 1 is 0.882 bits per heavy atom. The van der Waals surface area contributed by atoms with Crippen LogP contribution in [0, 0.1) is 0 Å². The van der Waals surface area contributed by atoms with Crippen molar-refractivity contribution in [2.75, 3.05) is 0 Å². The summed E-state index contributed by atoms with van der Waals surface area (Å²) in [6.07, 6.45) is -4.13. The number of aliphatic carboxylic acids is 2. The van der Waals surface area contributed by atoms with Crippen LogP contribution >= 0.6 is 0 Å². The van der Waals surface area contributed by atoms with Crippen molar-refractivity contribution in [1.82, 2.24) is 9.80 Å². The highest BCUT2D eigenvalue weighted by Gasteiger charge is 2.56. The van der Waals surface area contributed by atoms with Gasteiger partial charge in [0, 0.05) is 6.42 Å². The summed E-state index contributed by atoms with van der Waals surface area (Å²) in [7, 11) is -10.4. The van der Waals surface area contributed by atoms with Crippen LogP contribution in [0.15, 0.2) is 0 Å². The number of hydrogen-bond acceptors (Lipinski definition) is 10. The normalized spacial score (nSPS) is 24.8. The molecule has 2 fully saturated rings. The smallest absolute Gasteiger partial charge is 0.329 e. The molecule has 18 heteroatoms. The molecular weight excluding hydrogens is 508 g/mol. The standard InChI is InChI=1S/C16H20N2O14S2/c19-10-5-8(33(27,28)29)14(23)17(10)7(3-1-2-4-12(21)22)13(16(25)26)18-11(20)6-9(15(18)24)34(30,31)32/h7-9,13H,1-6H2,(H,21,22)(H,25,26)(H,27,28,29)(H,30,31,32)/i13D. The molecule has 2 rings (SSSR count). The van der Waals surface area contributed by atoms with Crippen molar-refractivity contribution in [2.24, 2.45) is 0 Å². The zero-order valence-electron chi connectivity index (χ0n) is 18.1. The quantitative estimate of drug-likeness (QED) is 0.122. The van der Waals surface area contributed by atoms with E-state index in [1.807, 2.05) is 0 Å². The van der Waals surface area contributed by atoms with E-state index in [-0.39, 0.29) is 22.6 Å². The van der Waals surface area contributed by atoms with E-state index in [2.05, 4.69) is 0 Å². The molecule has 0 aromatic rings. The fourth-order valence-electron chi connectivity index (χ4n) is 3.66. The Labute approximate surface area is 193 Å². The maximum absolute atomic E-state index is 12.7. The zero-order chi connectivity index (χ0) is 27.1. The fraction of sp³-hybridized carbons (Fsp3) is 0.625. The second kappa shape index (κ2) is 9.72. The highest BCUT2D eigenvalue weighted by Crippen LogP contribution is 2.31. The van der Waals surface area contributed by atoms with Crippen molar-refractivity contribution in [3.05, 3.63) is 0 Å². The van der Waals surface area contributed by atoms with Crippen molar-refractivity contribution in [3.8, 4) is 0 Å². The predicted octanol–water partition coefficient (Wildman–Crippen LogP) is -2.52. The molecular formula is C16H20N2O14S2. The minimum absolute atomic E-state index is 0.0122. The van der Waals surface area contributed by atoms with Crippen LogP contribution in [0.1, 0.15) is 39.9 Å². The largest absolute Gasteiger partial charge is 0.481 e. The van der Waals surface area contributed by atoms with E-state index < -0.39 is 104 Å². The minimum atomic E-state index is -5.24. The molecule has 0 aromatic heterocycles.